The van der Waals surface area contributed by atoms with Gasteiger partial charge in [0.2, 0.25) is 0 Å². The van der Waals surface area contributed by atoms with Crippen LogP contribution in [0.4, 0.5) is 0 Å². The lowest BCUT2D eigenvalue weighted by atomic mass is 9.62. The van der Waals surface area contributed by atoms with E-state index in [0.29, 0.717) is 23.3 Å². The highest BCUT2D eigenvalue weighted by Gasteiger charge is 2.39. The van der Waals surface area contributed by atoms with E-state index < -0.39 is 0 Å². The largest absolute Gasteiger partial charge is 0.508 e. The number of hydrogen-bond acceptors (Lipinski definition) is 2. The van der Waals surface area contributed by atoms with Gasteiger partial charge in [-0.3, -0.25) is 0 Å². The van der Waals surface area contributed by atoms with E-state index in [-0.39, 0.29) is 5.41 Å². The summed E-state index contributed by atoms with van der Waals surface area (Å²) in [6, 6.07) is 15.4. The zero-order valence-corrected chi connectivity index (χ0v) is 15.9. The van der Waals surface area contributed by atoms with Crippen molar-refractivity contribution in [3.8, 4) is 11.5 Å². The monoisotopic (exact) mass is 360 g/mol. The van der Waals surface area contributed by atoms with Gasteiger partial charge in [-0.2, -0.15) is 0 Å². The molecule has 1 unspecified atom stereocenters. The number of rotatable bonds is 3. The Labute approximate surface area is 161 Å². The Hall–Kier alpha value is -2.48. The summed E-state index contributed by atoms with van der Waals surface area (Å²) in [7, 11) is 0. The molecule has 0 spiro atoms. The van der Waals surface area contributed by atoms with Gasteiger partial charge in [-0.05, 0) is 84.9 Å². The fourth-order valence-electron chi connectivity index (χ4n) is 4.89. The third-order valence-corrected chi connectivity index (χ3v) is 6.45. The van der Waals surface area contributed by atoms with Crippen molar-refractivity contribution >= 4 is 0 Å². The van der Waals surface area contributed by atoms with Crippen LogP contribution in [0.1, 0.15) is 50.2 Å². The molecule has 2 heteroatoms. The summed E-state index contributed by atoms with van der Waals surface area (Å²) in [4.78, 5) is 0. The number of hydrogen-bond donors (Lipinski definition) is 2. The minimum Gasteiger partial charge on any atom is -0.508 e. The Morgan fingerprint density at radius 1 is 0.815 bits per heavy atom. The third-order valence-electron chi connectivity index (χ3n) is 6.45. The molecule has 0 radical (unpaired) electrons. The summed E-state index contributed by atoms with van der Waals surface area (Å²) < 4.78 is 0. The van der Waals surface area contributed by atoms with Gasteiger partial charge in [0.25, 0.3) is 0 Å². The van der Waals surface area contributed by atoms with Crippen molar-refractivity contribution in [3.05, 3.63) is 83.5 Å². The van der Waals surface area contributed by atoms with Crippen molar-refractivity contribution in [1.29, 1.82) is 0 Å². The number of phenolic OH excluding ortho intramolecular Hbond substituents is 2. The van der Waals surface area contributed by atoms with Crippen LogP contribution < -0.4 is 0 Å². The minimum atomic E-state index is -0.0531. The molecule has 140 valence electrons. The van der Waals surface area contributed by atoms with Gasteiger partial charge in [-0.1, -0.05) is 49.4 Å². The van der Waals surface area contributed by atoms with Gasteiger partial charge in [0, 0.05) is 5.41 Å². The van der Waals surface area contributed by atoms with Crippen molar-refractivity contribution in [1.82, 2.24) is 0 Å². The first-order valence-corrected chi connectivity index (χ1v) is 10.0. The Morgan fingerprint density at radius 3 is 1.81 bits per heavy atom. The van der Waals surface area contributed by atoms with Crippen molar-refractivity contribution < 1.29 is 10.2 Å². The molecule has 0 aromatic heterocycles. The Kier molecular flexibility index (Phi) is 4.82. The van der Waals surface area contributed by atoms with E-state index in [1.165, 1.54) is 16.7 Å². The molecule has 2 aromatic carbocycles. The minimum absolute atomic E-state index is 0.0531. The maximum absolute atomic E-state index is 9.73. The Morgan fingerprint density at radius 2 is 1.33 bits per heavy atom. The first-order chi connectivity index (χ1) is 13.1. The van der Waals surface area contributed by atoms with Gasteiger partial charge < -0.3 is 10.2 Å². The van der Waals surface area contributed by atoms with E-state index in [4.69, 9.17) is 0 Å². The molecule has 4 rings (SSSR count). The molecule has 0 aliphatic heterocycles. The smallest absolute Gasteiger partial charge is 0.115 e. The van der Waals surface area contributed by atoms with E-state index in [1.807, 2.05) is 0 Å². The lowest BCUT2D eigenvalue weighted by Gasteiger charge is -2.42. The van der Waals surface area contributed by atoms with E-state index >= 15 is 0 Å². The molecule has 1 atom stereocenters. The second-order valence-electron chi connectivity index (χ2n) is 8.23. The third kappa shape index (κ3) is 3.53. The predicted molar refractivity (Wildman–Crippen MR) is 110 cm³/mol. The molecule has 2 aliphatic carbocycles. The molecule has 0 heterocycles. The number of aromatic hydroxyl groups is 2. The summed E-state index contributed by atoms with van der Waals surface area (Å²) in [5.74, 6) is 1.89. The zero-order chi connectivity index (χ0) is 18.9. The fraction of sp³-hybridized carbons (Fsp3) is 0.360. The van der Waals surface area contributed by atoms with Gasteiger partial charge >= 0.3 is 0 Å². The molecule has 0 amide bonds. The van der Waals surface area contributed by atoms with Gasteiger partial charge in [0.15, 0.2) is 0 Å². The van der Waals surface area contributed by atoms with Gasteiger partial charge in [-0.25, -0.2) is 0 Å². The van der Waals surface area contributed by atoms with Crippen LogP contribution in [-0.4, -0.2) is 10.2 Å². The second kappa shape index (κ2) is 7.26. The van der Waals surface area contributed by atoms with Crippen LogP contribution in [0, 0.1) is 11.8 Å². The second-order valence-corrected chi connectivity index (χ2v) is 8.23. The summed E-state index contributed by atoms with van der Waals surface area (Å²) >= 11 is 0. The summed E-state index contributed by atoms with van der Waals surface area (Å²) in [5, 5.41) is 19.5. The quantitative estimate of drug-likeness (QED) is 0.694. The van der Waals surface area contributed by atoms with E-state index in [0.717, 1.165) is 32.1 Å². The molecule has 2 nitrogen and oxygen atoms in total. The zero-order valence-electron chi connectivity index (χ0n) is 15.9. The normalized spacial score (nSPS) is 22.4. The van der Waals surface area contributed by atoms with Crippen LogP contribution in [0.3, 0.4) is 0 Å². The van der Waals surface area contributed by atoms with Crippen molar-refractivity contribution in [2.45, 2.75) is 44.4 Å². The van der Waals surface area contributed by atoms with Crippen LogP contribution in [0.15, 0.2) is 72.3 Å². The van der Waals surface area contributed by atoms with Crippen LogP contribution in [-0.2, 0) is 5.41 Å². The average Bonchev–Trinajstić information content (AvgIpc) is 2.69. The highest BCUT2D eigenvalue weighted by atomic mass is 16.3. The molecular weight excluding hydrogens is 332 g/mol. The summed E-state index contributed by atoms with van der Waals surface area (Å²) in [6.45, 7) is 2.30. The fourth-order valence-corrected chi connectivity index (χ4v) is 4.89. The van der Waals surface area contributed by atoms with E-state index in [2.05, 4.69) is 49.4 Å². The lowest BCUT2D eigenvalue weighted by Crippen LogP contribution is -2.33. The van der Waals surface area contributed by atoms with Gasteiger partial charge in [0.1, 0.15) is 11.5 Å². The average molecular weight is 360 g/mol. The van der Waals surface area contributed by atoms with E-state index in [9.17, 15) is 10.2 Å². The molecular formula is C25H28O2. The number of phenols is 2. The van der Waals surface area contributed by atoms with Crippen LogP contribution in [0.25, 0.3) is 0 Å². The van der Waals surface area contributed by atoms with Gasteiger partial charge in [0.05, 0.1) is 0 Å². The summed E-state index contributed by atoms with van der Waals surface area (Å²) in [6.07, 6.45) is 12.7. The van der Waals surface area contributed by atoms with E-state index in [1.54, 1.807) is 24.3 Å². The van der Waals surface area contributed by atoms with Crippen LogP contribution in [0.5, 0.6) is 11.5 Å². The van der Waals surface area contributed by atoms with Crippen molar-refractivity contribution in [2.75, 3.05) is 0 Å². The first kappa shape index (κ1) is 17.9. The molecule has 1 fully saturated rings. The highest BCUT2D eigenvalue weighted by Crippen LogP contribution is 2.49. The van der Waals surface area contributed by atoms with Gasteiger partial charge in [-0.15, -0.1) is 0 Å². The molecule has 0 saturated heterocycles. The lowest BCUT2D eigenvalue weighted by molar-refractivity contribution is 0.292. The summed E-state index contributed by atoms with van der Waals surface area (Å²) in [5.41, 5.74) is 3.97. The standard InChI is InChI=1S/C25H28O2/c1-18-3-2-4-20(17-18)19-13-15-25(16-14-19,21-5-9-23(26)10-6-21)22-7-11-24(27)12-8-22/h2,4-12,17-19,26-27H,3,13-16H2,1H3. The topological polar surface area (TPSA) is 40.5 Å². The number of allylic oxidation sites excluding steroid dienone is 4. The number of benzene rings is 2. The SMILES string of the molecule is CC1C=C(C2CCC(c3ccc(O)cc3)(c3ccc(O)cc3)CC2)C=CC1. The highest BCUT2D eigenvalue weighted by molar-refractivity contribution is 5.44. The Bertz CT molecular complexity index is 787. The molecule has 0 bridgehead atoms. The Balaban J connectivity index is 1.66. The van der Waals surface area contributed by atoms with Crippen molar-refractivity contribution in [2.24, 2.45) is 11.8 Å². The molecule has 2 aliphatic rings. The maximum Gasteiger partial charge on any atom is 0.115 e. The molecule has 27 heavy (non-hydrogen) atoms. The maximum atomic E-state index is 9.73. The predicted octanol–water partition coefficient (Wildman–Crippen LogP) is 6.10. The first-order valence-electron chi connectivity index (χ1n) is 10.0. The van der Waals surface area contributed by atoms with Crippen molar-refractivity contribution in [3.63, 3.8) is 0 Å². The molecule has 2 N–H and O–H groups in total. The molecule has 2 aromatic rings. The van der Waals surface area contributed by atoms with Crippen LogP contribution in [0.2, 0.25) is 0 Å². The van der Waals surface area contributed by atoms with Crippen LogP contribution >= 0.6 is 0 Å². The molecule has 1 saturated carbocycles.